The molecule has 5 amide bonds. The first kappa shape index (κ1) is 61.7. The van der Waals surface area contributed by atoms with Gasteiger partial charge in [0.05, 0.1) is 37.6 Å². The molecule has 1 fully saturated rings. The number of carbonyl (C=O) groups is 6. The number of aromatic hydroxyl groups is 2. The van der Waals surface area contributed by atoms with Gasteiger partial charge in [0.1, 0.15) is 35.2 Å². The van der Waals surface area contributed by atoms with Gasteiger partial charge in [-0.15, -0.1) is 10.2 Å². The molecule has 1 saturated heterocycles. The second-order valence-corrected chi connectivity index (χ2v) is 22.3. The van der Waals surface area contributed by atoms with Crippen molar-refractivity contribution < 1.29 is 48.5 Å². The van der Waals surface area contributed by atoms with E-state index in [4.69, 9.17) is 9.47 Å². The van der Waals surface area contributed by atoms with E-state index in [1.807, 2.05) is 102 Å². The average molecular weight is 1100 g/mol. The molecule has 5 aromatic rings. The minimum absolute atomic E-state index is 0.0203. The van der Waals surface area contributed by atoms with Gasteiger partial charge in [-0.25, -0.2) is 0 Å². The molecule has 1 aromatic heterocycles. The molecule has 6 atom stereocenters. The summed E-state index contributed by atoms with van der Waals surface area (Å²) in [7, 11) is 0. The van der Waals surface area contributed by atoms with Crippen molar-refractivity contribution in [3.63, 3.8) is 0 Å². The van der Waals surface area contributed by atoms with Gasteiger partial charge in [-0.3, -0.25) is 38.7 Å². The molecule has 0 radical (unpaired) electrons. The van der Waals surface area contributed by atoms with Crippen molar-refractivity contribution in [2.75, 3.05) is 26.5 Å². The normalized spacial score (nSPS) is 15.9. The molecule has 19 nitrogen and oxygen atoms in total. The number of nitrogens with zero attached hydrogens (tertiary/aromatic N) is 3. The molecule has 6 rings (SSSR count). The standard InChI is InChI=1S/C61H81N9O10/c1-11-62-60(78)55-69-68-54(46-31-45(38(6)7)50(71)32-51(46)72)70(55)44-25-23-42(24-26-44)56(74)67-52(39(8)9)59(77)65-47(27-22-40-18-14-12-15-19-40)57(75)66-49(29-37(4)5)58(76)64-43(30-41-20-16-13-17-21-41)33-79-35-63-48(28-36(2)3)53(73)61(10)34-80-61/h12-21,23-26,31-32,36-39,43,47-49,52,63,71-72H,11,22,27-30,33-35H2,1-10H3,(H,62,78)(H,64,76)(H,65,77)(H,66,75)(H,67,74). The lowest BCUT2D eigenvalue weighted by Crippen LogP contribution is -2.58. The number of hydrogen-bond acceptors (Lipinski definition) is 13. The molecule has 4 aromatic carbocycles. The van der Waals surface area contributed by atoms with Crippen molar-refractivity contribution >= 4 is 35.3 Å². The van der Waals surface area contributed by atoms with E-state index in [9.17, 15) is 39.0 Å². The third-order valence-electron chi connectivity index (χ3n) is 13.9. The molecule has 0 spiro atoms. The summed E-state index contributed by atoms with van der Waals surface area (Å²) in [5, 5.41) is 47.9. The van der Waals surface area contributed by atoms with Crippen LogP contribution in [0.25, 0.3) is 17.1 Å². The van der Waals surface area contributed by atoms with Crippen molar-refractivity contribution in [2.24, 2.45) is 17.8 Å². The van der Waals surface area contributed by atoms with E-state index < -0.39 is 71.3 Å². The van der Waals surface area contributed by atoms with E-state index in [-0.39, 0.29) is 84.0 Å². The first-order valence-electron chi connectivity index (χ1n) is 27.8. The molecule has 1 aliphatic rings. The van der Waals surface area contributed by atoms with Crippen molar-refractivity contribution in [3.05, 3.63) is 125 Å². The highest BCUT2D eigenvalue weighted by Crippen LogP contribution is 2.38. The van der Waals surface area contributed by atoms with Crippen LogP contribution in [0.5, 0.6) is 11.5 Å². The van der Waals surface area contributed by atoms with Crippen molar-refractivity contribution in [3.8, 4) is 28.6 Å². The fourth-order valence-electron chi connectivity index (χ4n) is 9.39. The number of phenolic OH excluding ortho intramolecular Hbond substituents is 2. The molecule has 6 unspecified atom stereocenters. The molecule has 8 N–H and O–H groups in total. The van der Waals surface area contributed by atoms with Crippen LogP contribution in [0.2, 0.25) is 0 Å². The summed E-state index contributed by atoms with van der Waals surface area (Å²) in [6.45, 7) is 19.7. The van der Waals surface area contributed by atoms with Gasteiger partial charge in [0.15, 0.2) is 11.6 Å². The van der Waals surface area contributed by atoms with Crippen LogP contribution in [0.1, 0.15) is 132 Å². The smallest absolute Gasteiger partial charge is 0.289 e. The minimum atomic E-state index is -1.12. The van der Waals surface area contributed by atoms with Crippen molar-refractivity contribution in [2.45, 2.75) is 143 Å². The molecular weight excluding hydrogens is 1020 g/mol. The number of phenols is 2. The Morgan fingerprint density at radius 1 is 0.700 bits per heavy atom. The number of epoxide rings is 1. The van der Waals surface area contributed by atoms with E-state index in [1.165, 1.54) is 22.8 Å². The first-order valence-corrected chi connectivity index (χ1v) is 27.8. The van der Waals surface area contributed by atoms with Crippen LogP contribution in [-0.2, 0) is 41.5 Å². The fraction of sp³-hybridized carbons (Fsp3) is 0.475. The van der Waals surface area contributed by atoms with Crippen LogP contribution in [0, 0.1) is 17.8 Å². The van der Waals surface area contributed by atoms with Crippen LogP contribution in [0.15, 0.2) is 97.1 Å². The van der Waals surface area contributed by atoms with Crippen LogP contribution < -0.4 is 31.9 Å². The molecule has 80 heavy (non-hydrogen) atoms. The van der Waals surface area contributed by atoms with E-state index in [0.29, 0.717) is 43.7 Å². The van der Waals surface area contributed by atoms with Crippen molar-refractivity contribution in [1.29, 1.82) is 0 Å². The Morgan fingerprint density at radius 3 is 1.89 bits per heavy atom. The Balaban J connectivity index is 1.19. The molecular formula is C61H81N9O10. The summed E-state index contributed by atoms with van der Waals surface area (Å²) in [6.07, 6.45) is 1.89. The Labute approximate surface area is 469 Å². The van der Waals surface area contributed by atoms with E-state index in [0.717, 1.165) is 11.1 Å². The lowest BCUT2D eigenvalue weighted by Gasteiger charge is -2.28. The van der Waals surface area contributed by atoms with E-state index in [2.05, 4.69) is 42.1 Å². The summed E-state index contributed by atoms with van der Waals surface area (Å²) in [6, 6.07) is 23.9. The second-order valence-electron chi connectivity index (χ2n) is 22.3. The Morgan fingerprint density at radius 2 is 1.30 bits per heavy atom. The monoisotopic (exact) mass is 1100 g/mol. The number of aromatic nitrogens is 3. The summed E-state index contributed by atoms with van der Waals surface area (Å²) < 4.78 is 13.0. The predicted molar refractivity (Wildman–Crippen MR) is 305 cm³/mol. The predicted octanol–water partition coefficient (Wildman–Crippen LogP) is 6.69. The van der Waals surface area contributed by atoms with Gasteiger partial charge in [0, 0.05) is 23.9 Å². The quantitative estimate of drug-likeness (QED) is 0.0136. The number of nitrogens with one attached hydrogen (secondary N) is 6. The zero-order valence-electron chi connectivity index (χ0n) is 47.8. The van der Waals surface area contributed by atoms with Gasteiger partial charge < -0.3 is 46.3 Å². The summed E-state index contributed by atoms with van der Waals surface area (Å²) >= 11 is 0. The van der Waals surface area contributed by atoms with E-state index in [1.54, 1.807) is 45.9 Å². The zero-order chi connectivity index (χ0) is 58.3. The number of Topliss-reactive ketones (excluding diaryl/α,β-unsaturated/α-hetero) is 1. The lowest BCUT2D eigenvalue weighted by molar-refractivity contribution is -0.133. The number of ether oxygens (including phenoxy) is 2. The van der Waals surface area contributed by atoms with Crippen LogP contribution in [0.3, 0.4) is 0 Å². The van der Waals surface area contributed by atoms with Crippen LogP contribution in [-0.4, -0.2) is 123 Å². The lowest BCUT2D eigenvalue weighted by atomic mass is 9.94. The topological polar surface area (TPSA) is 268 Å². The Kier molecular flexibility index (Phi) is 22.1. The number of carbonyl (C=O) groups excluding carboxylic acids is 6. The highest BCUT2D eigenvalue weighted by Gasteiger charge is 2.49. The maximum atomic E-state index is 14.6. The number of benzene rings is 4. The highest BCUT2D eigenvalue weighted by molar-refractivity contribution is 5.99. The second kappa shape index (κ2) is 28.6. The molecule has 1 aliphatic heterocycles. The summed E-state index contributed by atoms with van der Waals surface area (Å²) in [5.41, 5.74) is 2.40. The third-order valence-corrected chi connectivity index (χ3v) is 13.9. The number of hydrogen-bond donors (Lipinski definition) is 8. The average Bonchev–Trinajstić information content (AvgIpc) is 4.03. The molecule has 430 valence electrons. The molecule has 2 heterocycles. The Hall–Kier alpha value is -7.48. The zero-order valence-corrected chi connectivity index (χ0v) is 47.8. The van der Waals surface area contributed by atoms with Crippen LogP contribution >= 0.6 is 0 Å². The summed E-state index contributed by atoms with van der Waals surface area (Å²) in [5.74, 6) is -3.45. The minimum Gasteiger partial charge on any atom is -0.508 e. The number of aryl methyl sites for hydroxylation is 1. The van der Waals surface area contributed by atoms with Gasteiger partial charge in [0.2, 0.25) is 23.5 Å². The number of ketones is 1. The number of rotatable bonds is 30. The van der Waals surface area contributed by atoms with Gasteiger partial charge in [-0.05, 0) is 117 Å². The largest absolute Gasteiger partial charge is 0.508 e. The maximum absolute atomic E-state index is 14.6. The number of amides is 5. The third kappa shape index (κ3) is 17.0. The van der Waals surface area contributed by atoms with E-state index >= 15 is 0 Å². The van der Waals surface area contributed by atoms with Gasteiger partial charge >= 0.3 is 0 Å². The van der Waals surface area contributed by atoms with Crippen molar-refractivity contribution in [1.82, 2.24) is 46.7 Å². The molecule has 0 bridgehead atoms. The first-order chi connectivity index (χ1) is 38.1. The van der Waals surface area contributed by atoms with Gasteiger partial charge in [-0.2, -0.15) is 0 Å². The van der Waals surface area contributed by atoms with Gasteiger partial charge in [0.25, 0.3) is 11.8 Å². The maximum Gasteiger partial charge on any atom is 0.289 e. The Bertz CT molecular complexity index is 2890. The molecule has 0 saturated carbocycles. The summed E-state index contributed by atoms with van der Waals surface area (Å²) in [4.78, 5) is 84.1. The molecule has 19 heteroatoms. The molecule has 0 aliphatic carbocycles. The highest BCUT2D eigenvalue weighted by atomic mass is 16.6. The fourth-order valence-corrected chi connectivity index (χ4v) is 9.39. The van der Waals surface area contributed by atoms with Gasteiger partial charge in [-0.1, -0.05) is 116 Å². The van der Waals surface area contributed by atoms with Crippen LogP contribution in [0.4, 0.5) is 0 Å². The SMILES string of the molecule is CCNC(=O)c1nnc(-c2cc(C(C)C)c(O)cc2O)n1-c1ccc(C(=O)NC(C(=O)NC(CCc2ccccc2)C(=O)NC(CC(C)C)C(=O)NC(COCNC(CC(C)C)C(=O)C2(C)CO2)Cc2ccccc2)C(C)C)cc1.